The minimum Gasteiger partial charge on any atom is -0.321 e. The number of thiazole rings is 1. The summed E-state index contributed by atoms with van der Waals surface area (Å²) in [5, 5.41) is 5.03. The van der Waals surface area contributed by atoms with E-state index in [0.29, 0.717) is 5.69 Å². The smallest absolute Gasteiger partial charge is 0.275 e. The Balaban J connectivity index is 1.55. The van der Waals surface area contributed by atoms with Crippen molar-refractivity contribution in [1.82, 2.24) is 14.4 Å². The van der Waals surface area contributed by atoms with Gasteiger partial charge in [0.1, 0.15) is 5.69 Å². The molecule has 3 heterocycles. The molecule has 4 rings (SSSR count). The van der Waals surface area contributed by atoms with Crippen LogP contribution in [-0.2, 0) is 0 Å². The Morgan fingerprint density at radius 2 is 1.88 bits per heavy atom. The lowest BCUT2D eigenvalue weighted by atomic mass is 10.1. The second-order valence-corrected chi connectivity index (χ2v) is 7.37. The summed E-state index contributed by atoms with van der Waals surface area (Å²) >= 11 is 19.4. The number of rotatable bonds is 3. The van der Waals surface area contributed by atoms with Gasteiger partial charge in [-0.15, -0.1) is 11.3 Å². The molecule has 1 N–H and O–H groups in total. The van der Waals surface area contributed by atoms with Gasteiger partial charge < -0.3 is 5.32 Å². The molecule has 0 bridgehead atoms. The van der Waals surface area contributed by atoms with E-state index in [1.165, 1.54) is 6.20 Å². The van der Waals surface area contributed by atoms with Gasteiger partial charge in [0.2, 0.25) is 0 Å². The maximum Gasteiger partial charge on any atom is 0.275 e. The number of nitrogens with zero attached hydrogens (tertiary/aromatic N) is 3. The minimum absolute atomic E-state index is 0.0134. The van der Waals surface area contributed by atoms with Gasteiger partial charge in [-0.05, 0) is 12.1 Å². The van der Waals surface area contributed by atoms with Gasteiger partial charge in [0.25, 0.3) is 5.91 Å². The van der Waals surface area contributed by atoms with Gasteiger partial charge in [-0.25, -0.2) is 9.97 Å². The first kappa shape index (κ1) is 17.3. The third-order valence-corrected chi connectivity index (χ3v) is 5.68. The van der Waals surface area contributed by atoms with E-state index in [1.807, 2.05) is 34.3 Å². The number of hydrogen-bond acceptors (Lipinski definition) is 4. The molecule has 9 heteroatoms. The lowest BCUT2D eigenvalue weighted by molar-refractivity contribution is 0.102. The van der Waals surface area contributed by atoms with Crippen molar-refractivity contribution >= 4 is 62.7 Å². The largest absolute Gasteiger partial charge is 0.321 e. The van der Waals surface area contributed by atoms with E-state index in [1.54, 1.807) is 23.5 Å². The summed E-state index contributed by atoms with van der Waals surface area (Å²) in [5.74, 6) is -0.469. The summed E-state index contributed by atoms with van der Waals surface area (Å²) in [4.78, 5) is 21.8. The molecular weight excluding hydrogens is 415 g/mol. The highest BCUT2D eigenvalue weighted by atomic mass is 35.5. The van der Waals surface area contributed by atoms with Crippen molar-refractivity contribution in [3.63, 3.8) is 0 Å². The number of aromatic nitrogens is 3. The van der Waals surface area contributed by atoms with Crippen molar-refractivity contribution < 1.29 is 4.79 Å². The average Bonchev–Trinajstić information content (AvgIpc) is 3.22. The molecule has 130 valence electrons. The molecule has 4 aromatic rings. The number of amides is 1. The Hall–Kier alpha value is -2.12. The highest BCUT2D eigenvalue weighted by Gasteiger charge is 2.17. The normalized spacial score (nSPS) is 11.0. The third-order valence-electron chi connectivity index (χ3n) is 3.66. The Morgan fingerprint density at radius 3 is 2.62 bits per heavy atom. The van der Waals surface area contributed by atoms with E-state index in [-0.39, 0.29) is 20.8 Å². The van der Waals surface area contributed by atoms with E-state index in [9.17, 15) is 4.79 Å². The van der Waals surface area contributed by atoms with E-state index in [0.717, 1.165) is 16.2 Å². The van der Waals surface area contributed by atoms with E-state index in [4.69, 9.17) is 34.8 Å². The Bertz CT molecular complexity index is 1090. The fraction of sp³-hybridized carbons (Fsp3) is 0. The Kier molecular flexibility index (Phi) is 4.58. The lowest BCUT2D eigenvalue weighted by Crippen LogP contribution is -2.14. The predicted molar refractivity (Wildman–Crippen MR) is 106 cm³/mol. The van der Waals surface area contributed by atoms with Crippen LogP contribution < -0.4 is 5.32 Å². The molecule has 1 aromatic carbocycles. The highest BCUT2D eigenvalue weighted by molar-refractivity contribution is 7.15. The van der Waals surface area contributed by atoms with E-state index in [2.05, 4.69) is 15.3 Å². The SMILES string of the molecule is O=C(Nc1ccc(-c2cn3ccsc3n2)cc1)c1ncc(Cl)c(Cl)c1Cl. The fourth-order valence-electron chi connectivity index (χ4n) is 2.38. The molecule has 0 atom stereocenters. The summed E-state index contributed by atoms with van der Waals surface area (Å²) < 4.78 is 1.97. The molecule has 0 saturated carbocycles. The van der Waals surface area contributed by atoms with E-state index < -0.39 is 5.91 Å². The maximum absolute atomic E-state index is 12.4. The van der Waals surface area contributed by atoms with Crippen molar-refractivity contribution in [3.8, 4) is 11.3 Å². The van der Waals surface area contributed by atoms with Crippen LogP contribution in [0.5, 0.6) is 0 Å². The first-order chi connectivity index (χ1) is 12.5. The minimum atomic E-state index is -0.469. The van der Waals surface area contributed by atoms with Gasteiger partial charge in [-0.3, -0.25) is 9.20 Å². The van der Waals surface area contributed by atoms with Gasteiger partial charge in [0.05, 0.1) is 20.8 Å². The van der Waals surface area contributed by atoms with Gasteiger partial charge in [-0.1, -0.05) is 46.9 Å². The van der Waals surface area contributed by atoms with Crippen LogP contribution in [-0.4, -0.2) is 20.3 Å². The van der Waals surface area contributed by atoms with Gasteiger partial charge in [0, 0.05) is 35.2 Å². The van der Waals surface area contributed by atoms with E-state index >= 15 is 0 Å². The summed E-state index contributed by atoms with van der Waals surface area (Å²) in [7, 11) is 0. The van der Waals surface area contributed by atoms with Gasteiger partial charge in [0.15, 0.2) is 4.96 Å². The van der Waals surface area contributed by atoms with Gasteiger partial charge >= 0.3 is 0 Å². The van der Waals surface area contributed by atoms with Crippen LogP contribution >= 0.6 is 46.1 Å². The zero-order valence-electron chi connectivity index (χ0n) is 12.9. The monoisotopic (exact) mass is 422 g/mol. The number of nitrogens with one attached hydrogen (secondary N) is 1. The highest BCUT2D eigenvalue weighted by Crippen LogP contribution is 2.31. The standard InChI is InChI=1S/C17H9Cl3N4OS/c18-11-7-21-15(14(20)13(11)19)16(25)22-10-3-1-9(2-4-10)12-8-24-5-6-26-17(24)23-12/h1-8H,(H,22,25). The van der Waals surface area contributed by atoms with Crippen LogP contribution in [0.2, 0.25) is 15.1 Å². The molecule has 0 aliphatic rings. The van der Waals surface area contributed by atoms with Crippen molar-refractivity contribution in [2.45, 2.75) is 0 Å². The average molecular weight is 424 g/mol. The number of carbonyl (C=O) groups is 1. The number of carbonyl (C=O) groups excluding carboxylic acids is 1. The fourth-order valence-corrected chi connectivity index (χ4v) is 3.65. The molecule has 0 radical (unpaired) electrons. The number of anilines is 1. The summed E-state index contributed by atoms with van der Waals surface area (Å²) in [6.45, 7) is 0. The summed E-state index contributed by atoms with van der Waals surface area (Å²) in [6.07, 6.45) is 5.20. The van der Waals surface area contributed by atoms with Crippen molar-refractivity contribution in [2.24, 2.45) is 0 Å². The quantitative estimate of drug-likeness (QED) is 0.462. The van der Waals surface area contributed by atoms with Crippen molar-refractivity contribution in [3.05, 3.63) is 69.0 Å². The first-order valence-corrected chi connectivity index (χ1v) is 9.38. The molecule has 26 heavy (non-hydrogen) atoms. The number of benzene rings is 1. The van der Waals surface area contributed by atoms with Crippen LogP contribution in [0.1, 0.15) is 10.5 Å². The van der Waals surface area contributed by atoms with Crippen LogP contribution in [0.15, 0.2) is 48.2 Å². The van der Waals surface area contributed by atoms with Gasteiger partial charge in [-0.2, -0.15) is 0 Å². The van der Waals surface area contributed by atoms with Crippen LogP contribution in [0.4, 0.5) is 5.69 Å². The zero-order chi connectivity index (χ0) is 18.3. The zero-order valence-corrected chi connectivity index (χ0v) is 16.0. The first-order valence-electron chi connectivity index (χ1n) is 7.36. The molecule has 0 unspecified atom stereocenters. The molecule has 0 aliphatic heterocycles. The summed E-state index contributed by atoms with van der Waals surface area (Å²) in [5.41, 5.74) is 2.43. The molecule has 1 amide bonds. The third kappa shape index (κ3) is 3.17. The number of pyridine rings is 1. The Labute approximate surface area is 167 Å². The molecule has 0 fully saturated rings. The predicted octanol–water partition coefficient (Wildman–Crippen LogP) is 5.67. The number of halogens is 3. The second-order valence-electron chi connectivity index (χ2n) is 5.33. The molecule has 0 aliphatic carbocycles. The second kappa shape index (κ2) is 6.89. The van der Waals surface area contributed by atoms with Crippen LogP contribution in [0.25, 0.3) is 16.2 Å². The molecule has 0 spiro atoms. The number of imidazole rings is 1. The van der Waals surface area contributed by atoms with Crippen molar-refractivity contribution in [2.75, 3.05) is 5.32 Å². The topological polar surface area (TPSA) is 59.3 Å². The van der Waals surface area contributed by atoms with Crippen LogP contribution in [0, 0.1) is 0 Å². The number of hydrogen-bond donors (Lipinski definition) is 1. The maximum atomic E-state index is 12.4. The number of fused-ring (bicyclic) bond motifs is 1. The molecule has 3 aromatic heterocycles. The molecule has 5 nitrogen and oxygen atoms in total. The molecule has 0 saturated heterocycles. The van der Waals surface area contributed by atoms with Crippen LogP contribution in [0.3, 0.4) is 0 Å². The lowest BCUT2D eigenvalue weighted by Gasteiger charge is -2.08. The Morgan fingerprint density at radius 1 is 1.12 bits per heavy atom. The molecular formula is C17H9Cl3N4OS. The van der Waals surface area contributed by atoms with Crippen molar-refractivity contribution in [1.29, 1.82) is 0 Å². The summed E-state index contributed by atoms with van der Waals surface area (Å²) in [6, 6.07) is 7.33.